The van der Waals surface area contributed by atoms with Crippen molar-refractivity contribution in [2.45, 2.75) is 264 Å². The van der Waals surface area contributed by atoms with Gasteiger partial charge in [-0.3, -0.25) is 9.59 Å². The van der Waals surface area contributed by atoms with Gasteiger partial charge in [-0.2, -0.15) is 0 Å². The predicted octanol–water partition coefficient (Wildman–Crippen LogP) is 16.3. The fraction of sp³-hybridized carbons (Fsp3) is 0.724. The number of nitrogens with one attached hydrogen (secondary N) is 1. The number of aliphatic hydroxyl groups excluding tert-OH is 2. The van der Waals surface area contributed by atoms with E-state index in [4.69, 9.17) is 4.74 Å². The molecule has 0 heterocycles. The Morgan fingerprint density at radius 3 is 1.47 bits per heavy atom. The molecule has 0 bridgehead atoms. The Bertz CT molecular complexity index is 1230. The summed E-state index contributed by atoms with van der Waals surface area (Å²) < 4.78 is 5.92. The molecule has 6 heteroatoms. The van der Waals surface area contributed by atoms with Crippen LogP contribution in [0, 0.1) is 0 Å². The van der Waals surface area contributed by atoms with Gasteiger partial charge < -0.3 is 20.3 Å². The molecule has 3 unspecified atom stereocenters. The maximum Gasteiger partial charge on any atom is 0.306 e. The summed E-state index contributed by atoms with van der Waals surface area (Å²) in [4.78, 5) is 26.2. The molecule has 0 aliphatic heterocycles. The van der Waals surface area contributed by atoms with Gasteiger partial charge in [-0.25, -0.2) is 0 Å². The van der Waals surface area contributed by atoms with Crippen LogP contribution in [0.2, 0.25) is 0 Å². The first-order chi connectivity index (χ1) is 31.5. The molecule has 3 atom stereocenters. The number of aliphatic hydroxyl groups is 2. The number of hydrogen-bond donors (Lipinski definition) is 3. The topological polar surface area (TPSA) is 95.9 Å². The van der Waals surface area contributed by atoms with Crippen LogP contribution in [0.1, 0.15) is 245 Å². The Morgan fingerprint density at radius 2 is 0.906 bits per heavy atom. The molecule has 64 heavy (non-hydrogen) atoms. The standard InChI is InChI=1S/C58H101NO5/c1-4-7-10-13-16-19-22-25-26-27-28-29-30-33-36-39-42-45-48-51-58(63)64-54(49-46-43-40-37-34-31-23-20-17-14-11-8-5-2)52-57(62)59-55(53-60)56(61)50-47-44-41-38-35-32-24-21-18-15-12-9-6-3/h8,11,14,16-17,19-20,23,25-26,28-29,31,34,54-56,60-61H,4-7,9-10,12-13,15,18,21-22,24,27,30,32-33,35-53H2,1-3H3,(H,59,62)/b11-8+,17-14+,19-16-,23-20+,26-25-,29-28-,34-31-. The van der Waals surface area contributed by atoms with Gasteiger partial charge in [0.25, 0.3) is 0 Å². The molecule has 6 nitrogen and oxygen atoms in total. The van der Waals surface area contributed by atoms with Crippen LogP contribution in [0.25, 0.3) is 0 Å². The van der Waals surface area contributed by atoms with E-state index in [0.29, 0.717) is 19.3 Å². The van der Waals surface area contributed by atoms with Gasteiger partial charge in [-0.1, -0.05) is 234 Å². The van der Waals surface area contributed by atoms with Crippen molar-refractivity contribution in [2.75, 3.05) is 6.61 Å². The van der Waals surface area contributed by atoms with Crippen LogP contribution in [-0.4, -0.2) is 46.9 Å². The zero-order valence-corrected chi connectivity index (χ0v) is 41.9. The fourth-order valence-electron chi connectivity index (χ4n) is 7.74. The number of rotatable bonds is 47. The van der Waals surface area contributed by atoms with Crippen LogP contribution in [0.3, 0.4) is 0 Å². The molecule has 0 radical (unpaired) electrons. The second kappa shape index (κ2) is 51.0. The van der Waals surface area contributed by atoms with Crippen LogP contribution < -0.4 is 5.32 Å². The zero-order chi connectivity index (χ0) is 46.7. The van der Waals surface area contributed by atoms with Gasteiger partial charge >= 0.3 is 5.97 Å². The highest BCUT2D eigenvalue weighted by Crippen LogP contribution is 2.17. The summed E-state index contributed by atoms with van der Waals surface area (Å²) in [5.74, 6) is -0.530. The van der Waals surface area contributed by atoms with Crippen molar-refractivity contribution in [1.29, 1.82) is 0 Å². The first-order valence-corrected chi connectivity index (χ1v) is 26.9. The first-order valence-electron chi connectivity index (χ1n) is 26.9. The molecule has 0 aromatic carbocycles. The summed E-state index contributed by atoms with van der Waals surface area (Å²) in [6.07, 6.45) is 66.4. The predicted molar refractivity (Wildman–Crippen MR) is 278 cm³/mol. The number of carbonyl (C=O) groups excluding carboxylic acids is 2. The molecule has 0 saturated carbocycles. The highest BCUT2D eigenvalue weighted by molar-refractivity contribution is 5.77. The quantitative estimate of drug-likeness (QED) is 0.0245. The van der Waals surface area contributed by atoms with Gasteiger partial charge in [0.15, 0.2) is 0 Å². The molecule has 368 valence electrons. The molecule has 0 saturated heterocycles. The van der Waals surface area contributed by atoms with Crippen molar-refractivity contribution < 1.29 is 24.5 Å². The highest BCUT2D eigenvalue weighted by Gasteiger charge is 2.24. The summed E-state index contributed by atoms with van der Waals surface area (Å²) in [6, 6.07) is -0.721. The average molecular weight is 892 g/mol. The third-order valence-corrected chi connectivity index (χ3v) is 11.8. The Kier molecular flexibility index (Phi) is 48.7. The maximum absolute atomic E-state index is 13.2. The molecule has 3 N–H and O–H groups in total. The lowest BCUT2D eigenvalue weighted by atomic mass is 10.0. The van der Waals surface area contributed by atoms with E-state index in [1.54, 1.807) is 0 Å². The summed E-state index contributed by atoms with van der Waals surface area (Å²) >= 11 is 0. The summed E-state index contributed by atoms with van der Waals surface area (Å²) in [5, 5.41) is 23.8. The van der Waals surface area contributed by atoms with E-state index in [1.165, 1.54) is 109 Å². The molecule has 0 rings (SSSR count). The van der Waals surface area contributed by atoms with Crippen LogP contribution in [0.4, 0.5) is 0 Å². The molecule has 1 amide bonds. The van der Waals surface area contributed by atoms with E-state index in [9.17, 15) is 19.8 Å². The molecule has 0 spiro atoms. The number of carbonyl (C=O) groups is 2. The minimum Gasteiger partial charge on any atom is -0.462 e. The van der Waals surface area contributed by atoms with E-state index in [-0.39, 0.29) is 24.9 Å². The Hall–Kier alpha value is -2.96. The Morgan fingerprint density at radius 1 is 0.484 bits per heavy atom. The van der Waals surface area contributed by atoms with Crippen LogP contribution in [-0.2, 0) is 14.3 Å². The van der Waals surface area contributed by atoms with Gasteiger partial charge in [0.05, 0.1) is 25.2 Å². The van der Waals surface area contributed by atoms with E-state index >= 15 is 0 Å². The number of ether oxygens (including phenoxy) is 1. The lowest BCUT2D eigenvalue weighted by molar-refractivity contribution is -0.151. The molecular formula is C58H101NO5. The van der Waals surface area contributed by atoms with Crippen molar-refractivity contribution >= 4 is 11.9 Å². The van der Waals surface area contributed by atoms with Crippen molar-refractivity contribution in [2.24, 2.45) is 0 Å². The third kappa shape index (κ3) is 45.6. The molecule has 0 fully saturated rings. The molecule has 0 aromatic rings. The summed E-state index contributed by atoms with van der Waals surface area (Å²) in [6.45, 7) is 6.30. The molecule has 0 aliphatic carbocycles. The zero-order valence-electron chi connectivity index (χ0n) is 41.9. The lowest BCUT2D eigenvalue weighted by Crippen LogP contribution is -2.46. The largest absolute Gasteiger partial charge is 0.462 e. The van der Waals surface area contributed by atoms with Crippen molar-refractivity contribution in [3.8, 4) is 0 Å². The molecule has 0 aliphatic rings. The van der Waals surface area contributed by atoms with Gasteiger partial charge in [-0.15, -0.1) is 0 Å². The van der Waals surface area contributed by atoms with Crippen LogP contribution in [0.5, 0.6) is 0 Å². The number of esters is 1. The highest BCUT2D eigenvalue weighted by atomic mass is 16.5. The SMILES string of the molecule is CC/C=C/C=C/C=C/C=C\CCCCCC(CC(=O)NC(CO)C(O)CCCCCCCCCCCCCCC)OC(=O)CCCCCCCC/C=C\C/C=C\C/C=C\CCCCC. The fourth-order valence-corrected chi connectivity index (χ4v) is 7.74. The van der Waals surface area contributed by atoms with E-state index in [0.717, 1.165) is 89.9 Å². The average Bonchev–Trinajstić information content (AvgIpc) is 3.29. The maximum atomic E-state index is 13.2. The summed E-state index contributed by atoms with van der Waals surface area (Å²) in [5.41, 5.74) is 0. The van der Waals surface area contributed by atoms with Crippen LogP contribution in [0.15, 0.2) is 85.1 Å². The van der Waals surface area contributed by atoms with Gasteiger partial charge in [0.1, 0.15) is 6.10 Å². The smallest absolute Gasteiger partial charge is 0.306 e. The molecule has 0 aromatic heterocycles. The number of amides is 1. The van der Waals surface area contributed by atoms with Crippen LogP contribution >= 0.6 is 0 Å². The van der Waals surface area contributed by atoms with Gasteiger partial charge in [0, 0.05) is 6.42 Å². The van der Waals surface area contributed by atoms with Crippen molar-refractivity contribution in [3.05, 3.63) is 85.1 Å². The number of unbranched alkanes of at least 4 members (excludes halogenated alkanes) is 24. The lowest BCUT2D eigenvalue weighted by Gasteiger charge is -2.24. The van der Waals surface area contributed by atoms with Gasteiger partial charge in [-0.05, 0) is 83.5 Å². The van der Waals surface area contributed by atoms with Crippen molar-refractivity contribution in [3.63, 3.8) is 0 Å². The van der Waals surface area contributed by atoms with Gasteiger partial charge in [0.2, 0.25) is 5.91 Å². The Balaban J connectivity index is 4.62. The minimum atomic E-state index is -0.805. The Labute approximate surface area is 395 Å². The van der Waals surface area contributed by atoms with Crippen molar-refractivity contribution in [1.82, 2.24) is 5.32 Å². The third-order valence-electron chi connectivity index (χ3n) is 11.8. The monoisotopic (exact) mass is 892 g/mol. The van der Waals surface area contributed by atoms with E-state index in [1.807, 2.05) is 24.3 Å². The number of allylic oxidation sites excluding steroid dienone is 14. The minimum absolute atomic E-state index is 0.0423. The first kappa shape index (κ1) is 61.0. The summed E-state index contributed by atoms with van der Waals surface area (Å²) in [7, 11) is 0. The van der Waals surface area contributed by atoms with E-state index < -0.39 is 18.2 Å². The molecular weight excluding hydrogens is 791 g/mol. The normalized spacial score (nSPS) is 13.9. The second-order valence-electron chi connectivity index (χ2n) is 18.0. The second-order valence-corrected chi connectivity index (χ2v) is 18.0. The van der Waals surface area contributed by atoms with E-state index in [2.05, 4.69) is 86.8 Å². The number of hydrogen-bond acceptors (Lipinski definition) is 5.